The van der Waals surface area contributed by atoms with Gasteiger partial charge in [-0.2, -0.15) is 5.26 Å². The predicted molar refractivity (Wildman–Crippen MR) is 145 cm³/mol. The maximum Gasteiger partial charge on any atom is 0.326 e. The number of carbonyl (C=O) groups is 3. The summed E-state index contributed by atoms with van der Waals surface area (Å²) in [4.78, 5) is 44.0. The SMILES string of the molecule is Cc1ccccc1N1C(=O)NC2=C(C(=O)N[C@@H]3CCCN(C(=O)/C(C#N)=C/C4CC4)C3)SC3NCCC1C23. The molecule has 3 saturated heterocycles. The van der Waals surface area contributed by atoms with Crippen LogP contribution < -0.4 is 20.9 Å². The van der Waals surface area contributed by atoms with Crippen LogP contribution in [0.1, 0.15) is 37.7 Å². The summed E-state index contributed by atoms with van der Waals surface area (Å²) in [6.07, 6.45) is 6.18. The monoisotopic (exact) mass is 532 g/mol. The number of allylic oxidation sites excluding steroid dienone is 1. The van der Waals surface area contributed by atoms with E-state index in [4.69, 9.17) is 0 Å². The zero-order valence-electron chi connectivity index (χ0n) is 21.4. The number of piperidine rings is 2. The van der Waals surface area contributed by atoms with E-state index in [-0.39, 0.29) is 46.8 Å². The lowest BCUT2D eigenvalue weighted by Crippen LogP contribution is -2.62. The molecule has 38 heavy (non-hydrogen) atoms. The summed E-state index contributed by atoms with van der Waals surface area (Å²) >= 11 is 1.48. The molecule has 3 N–H and O–H groups in total. The second-order valence-corrected chi connectivity index (χ2v) is 11.9. The van der Waals surface area contributed by atoms with E-state index in [1.807, 2.05) is 36.1 Å². The highest BCUT2D eigenvalue weighted by Gasteiger charge is 2.52. The number of anilines is 1. The van der Waals surface area contributed by atoms with Gasteiger partial charge in [-0.3, -0.25) is 14.5 Å². The molecule has 1 aromatic carbocycles. The summed E-state index contributed by atoms with van der Waals surface area (Å²) in [5.74, 6) is -0.125. The molecule has 0 spiro atoms. The van der Waals surface area contributed by atoms with Crippen molar-refractivity contribution in [3.05, 3.63) is 52.1 Å². The van der Waals surface area contributed by atoms with Gasteiger partial charge in [0.2, 0.25) is 0 Å². The summed E-state index contributed by atoms with van der Waals surface area (Å²) in [6, 6.07) is 9.52. The van der Waals surface area contributed by atoms with Crippen molar-refractivity contribution in [2.45, 2.75) is 56.5 Å². The van der Waals surface area contributed by atoms with Gasteiger partial charge in [0.25, 0.3) is 11.8 Å². The molecule has 5 aliphatic rings. The molecule has 4 atom stereocenters. The number of hydrogen-bond donors (Lipinski definition) is 3. The van der Waals surface area contributed by atoms with Crippen LogP contribution in [0.2, 0.25) is 0 Å². The Hall–Kier alpha value is -3.29. The molecule has 1 saturated carbocycles. The number of carbonyl (C=O) groups excluding carboxylic acids is 3. The fourth-order valence-electron chi connectivity index (χ4n) is 6.09. The molecule has 0 aromatic heterocycles. The highest BCUT2D eigenvalue weighted by atomic mass is 32.2. The van der Waals surface area contributed by atoms with Crippen LogP contribution >= 0.6 is 11.8 Å². The normalized spacial score (nSPS) is 28.9. The Balaban J connectivity index is 1.19. The number of nitrogens with one attached hydrogen (secondary N) is 3. The minimum absolute atomic E-state index is 0.00629. The van der Waals surface area contributed by atoms with Crippen LogP contribution in [0.25, 0.3) is 0 Å². The average molecular weight is 533 g/mol. The molecule has 6 rings (SSSR count). The van der Waals surface area contributed by atoms with Crippen LogP contribution in [0, 0.1) is 30.1 Å². The third-order valence-electron chi connectivity index (χ3n) is 8.14. The van der Waals surface area contributed by atoms with Gasteiger partial charge in [-0.25, -0.2) is 4.79 Å². The smallest absolute Gasteiger partial charge is 0.326 e. The largest absolute Gasteiger partial charge is 0.347 e. The molecule has 4 aliphatic heterocycles. The van der Waals surface area contributed by atoms with Crippen molar-refractivity contribution in [2.75, 3.05) is 24.5 Å². The fraction of sp³-hybridized carbons (Fsp3) is 0.500. The summed E-state index contributed by atoms with van der Waals surface area (Å²) < 4.78 is 0. The van der Waals surface area contributed by atoms with E-state index in [9.17, 15) is 19.6 Å². The van der Waals surface area contributed by atoms with Crippen LogP contribution in [0.5, 0.6) is 0 Å². The van der Waals surface area contributed by atoms with Gasteiger partial charge >= 0.3 is 6.03 Å². The van der Waals surface area contributed by atoms with E-state index >= 15 is 0 Å². The molecule has 0 radical (unpaired) electrons. The molecule has 3 unspecified atom stereocenters. The quantitative estimate of drug-likeness (QED) is 0.397. The number of urea groups is 1. The topological polar surface area (TPSA) is 118 Å². The van der Waals surface area contributed by atoms with Crippen molar-refractivity contribution in [3.8, 4) is 6.07 Å². The standard InChI is InChI=1S/C28H32N6O3S/c1-16-5-2-3-7-20(16)34-21-10-11-30-26-22(21)23(32-28(34)37)24(38-26)25(35)31-19-6-4-12-33(15-19)27(36)18(14-29)13-17-8-9-17/h2-3,5,7,13,17,19,21-22,26,30H,4,6,8-12,15H2,1H3,(H,31,35)(H,32,37)/b18-13+/t19-,21?,22?,26?/m1/s1. The van der Waals surface area contributed by atoms with Gasteiger partial charge in [0.05, 0.1) is 16.3 Å². The van der Waals surface area contributed by atoms with Crippen LogP contribution in [0.3, 0.4) is 0 Å². The zero-order chi connectivity index (χ0) is 26.4. The van der Waals surface area contributed by atoms with Gasteiger partial charge in [0, 0.05) is 36.4 Å². The Bertz CT molecular complexity index is 1280. The second-order valence-electron chi connectivity index (χ2n) is 10.8. The van der Waals surface area contributed by atoms with Gasteiger partial charge in [0.1, 0.15) is 11.6 Å². The van der Waals surface area contributed by atoms with E-state index < -0.39 is 0 Å². The molecular formula is C28H32N6O3S. The van der Waals surface area contributed by atoms with Crippen molar-refractivity contribution in [3.63, 3.8) is 0 Å². The number of aryl methyl sites for hydroxylation is 1. The maximum atomic E-state index is 13.5. The van der Waals surface area contributed by atoms with E-state index in [2.05, 4.69) is 22.0 Å². The third kappa shape index (κ3) is 4.58. The summed E-state index contributed by atoms with van der Waals surface area (Å²) in [5, 5.41) is 19.2. The van der Waals surface area contributed by atoms with Crippen LogP contribution in [-0.4, -0.2) is 59.8 Å². The molecule has 4 fully saturated rings. The third-order valence-corrected chi connectivity index (χ3v) is 9.50. The van der Waals surface area contributed by atoms with Crippen LogP contribution in [0.15, 0.2) is 46.5 Å². The van der Waals surface area contributed by atoms with Crippen molar-refractivity contribution in [1.29, 1.82) is 5.26 Å². The first-order valence-corrected chi connectivity index (χ1v) is 14.3. The number of amides is 4. The fourth-order valence-corrected chi connectivity index (χ4v) is 7.49. The van der Waals surface area contributed by atoms with Crippen molar-refractivity contribution < 1.29 is 14.4 Å². The number of hydrogen-bond acceptors (Lipinski definition) is 6. The molecule has 0 bridgehead atoms. The first-order chi connectivity index (χ1) is 18.4. The summed E-state index contributed by atoms with van der Waals surface area (Å²) in [5.41, 5.74) is 2.85. The Kier molecular flexibility index (Phi) is 6.66. The van der Waals surface area contributed by atoms with Crippen LogP contribution in [0.4, 0.5) is 10.5 Å². The Morgan fingerprint density at radius 3 is 2.79 bits per heavy atom. The van der Waals surface area contributed by atoms with Crippen LogP contribution in [-0.2, 0) is 9.59 Å². The zero-order valence-corrected chi connectivity index (χ0v) is 22.2. The minimum atomic E-state index is -0.246. The van der Waals surface area contributed by atoms with Gasteiger partial charge in [-0.05, 0) is 63.1 Å². The Morgan fingerprint density at radius 2 is 2.03 bits per heavy atom. The molecule has 198 valence electrons. The Morgan fingerprint density at radius 1 is 1.21 bits per heavy atom. The number of rotatable bonds is 5. The number of nitrogens with zero attached hydrogens (tertiary/aromatic N) is 3. The maximum absolute atomic E-state index is 13.5. The molecule has 4 amide bonds. The molecular weight excluding hydrogens is 500 g/mol. The Labute approximate surface area is 226 Å². The number of likely N-dealkylation sites (tertiary alicyclic amines) is 1. The predicted octanol–water partition coefficient (Wildman–Crippen LogP) is 2.75. The second kappa shape index (κ2) is 10.1. The molecule has 1 aliphatic carbocycles. The van der Waals surface area contributed by atoms with E-state index in [1.165, 1.54) is 11.8 Å². The highest BCUT2D eigenvalue weighted by Crippen LogP contribution is 2.48. The summed E-state index contributed by atoms with van der Waals surface area (Å²) in [7, 11) is 0. The average Bonchev–Trinajstić information content (AvgIpc) is 3.67. The van der Waals surface area contributed by atoms with Gasteiger partial charge in [-0.15, -0.1) is 0 Å². The number of para-hydroxylation sites is 1. The summed E-state index contributed by atoms with van der Waals surface area (Å²) in [6.45, 7) is 3.74. The van der Waals surface area contributed by atoms with E-state index in [0.29, 0.717) is 29.6 Å². The lowest BCUT2D eigenvalue weighted by atomic mass is 9.86. The highest BCUT2D eigenvalue weighted by molar-refractivity contribution is 8.04. The molecule has 10 heteroatoms. The molecule has 1 aromatic rings. The first-order valence-electron chi connectivity index (χ1n) is 13.5. The molecule has 4 heterocycles. The number of benzene rings is 1. The van der Waals surface area contributed by atoms with Gasteiger partial charge in [-0.1, -0.05) is 36.0 Å². The minimum Gasteiger partial charge on any atom is -0.347 e. The van der Waals surface area contributed by atoms with Gasteiger partial charge < -0.3 is 20.9 Å². The molecule has 9 nitrogen and oxygen atoms in total. The van der Waals surface area contributed by atoms with E-state index in [1.54, 1.807) is 11.0 Å². The first kappa shape index (κ1) is 25.0. The van der Waals surface area contributed by atoms with Gasteiger partial charge in [0.15, 0.2) is 0 Å². The van der Waals surface area contributed by atoms with Crippen molar-refractivity contribution in [2.24, 2.45) is 11.8 Å². The lowest BCUT2D eigenvalue weighted by Gasteiger charge is -2.46. The number of thioether (sulfide) groups is 1. The van der Waals surface area contributed by atoms with E-state index in [0.717, 1.165) is 49.9 Å². The van der Waals surface area contributed by atoms with Crippen molar-refractivity contribution >= 4 is 35.3 Å². The number of nitriles is 1. The lowest BCUT2D eigenvalue weighted by molar-refractivity contribution is -0.129. The van der Waals surface area contributed by atoms with Crippen molar-refractivity contribution in [1.82, 2.24) is 20.9 Å².